The fourth-order valence-electron chi connectivity index (χ4n) is 2.83. The van der Waals surface area contributed by atoms with Crippen LogP contribution in [0.1, 0.15) is 26.1 Å². The summed E-state index contributed by atoms with van der Waals surface area (Å²) in [6.45, 7) is 8.63. The lowest BCUT2D eigenvalue weighted by Gasteiger charge is -2.26. The van der Waals surface area contributed by atoms with Gasteiger partial charge in [-0.25, -0.2) is 14.8 Å². The summed E-state index contributed by atoms with van der Waals surface area (Å²) < 4.78 is 0. The monoisotopic (exact) mass is 342 g/mol. The molecule has 1 fully saturated rings. The number of fused-ring (bicyclic) bond motifs is 1. The topological polar surface area (TPSA) is 82.2 Å². The molecule has 25 heavy (non-hydrogen) atoms. The first-order valence-corrected chi connectivity index (χ1v) is 8.92. The zero-order valence-electron chi connectivity index (χ0n) is 14.9. The number of carbonyl (C=O) groups excluding carboxylic acids is 1. The van der Waals surface area contributed by atoms with E-state index in [0.717, 1.165) is 49.3 Å². The largest absolute Gasteiger partial charge is 0.335 e. The smallest absolute Gasteiger partial charge is 0.320 e. The molecule has 134 valence electrons. The second kappa shape index (κ2) is 8.22. The van der Waals surface area contributed by atoms with Crippen molar-refractivity contribution in [2.75, 3.05) is 31.5 Å². The molecule has 1 saturated heterocycles. The number of aromatic nitrogens is 2. The molecule has 3 N–H and O–H groups in total. The summed E-state index contributed by atoms with van der Waals surface area (Å²) in [6.07, 6.45) is 0.881. The number of nitrogens with zero attached hydrogens (tertiary/aromatic N) is 3. The molecule has 0 radical (unpaired) electrons. The minimum atomic E-state index is -0.230. The molecule has 0 bridgehead atoms. The fraction of sp³-hybridized carbons (Fsp3) is 0.500. The number of hydrogen-bond donors (Lipinski definition) is 3. The normalized spacial score (nSPS) is 16.6. The van der Waals surface area contributed by atoms with Gasteiger partial charge in [-0.15, -0.1) is 0 Å². The predicted molar refractivity (Wildman–Crippen MR) is 99.6 cm³/mol. The van der Waals surface area contributed by atoms with Gasteiger partial charge in [-0.05, 0) is 25.5 Å². The Hall–Kier alpha value is -2.25. The molecule has 1 aromatic heterocycles. The van der Waals surface area contributed by atoms with Crippen LogP contribution in [0.4, 0.5) is 10.6 Å². The highest BCUT2D eigenvalue weighted by atomic mass is 16.2. The molecule has 0 saturated carbocycles. The minimum absolute atomic E-state index is 0.119. The molecule has 1 aliphatic heterocycles. The number of benzene rings is 1. The van der Waals surface area contributed by atoms with Gasteiger partial charge in [0.05, 0.1) is 12.1 Å². The first-order valence-electron chi connectivity index (χ1n) is 8.92. The van der Waals surface area contributed by atoms with Gasteiger partial charge in [-0.2, -0.15) is 0 Å². The summed E-state index contributed by atoms with van der Waals surface area (Å²) in [6, 6.07) is 7.66. The summed E-state index contributed by atoms with van der Waals surface area (Å²) in [5.74, 6) is 1.30. The molecule has 3 rings (SSSR count). The number of urea groups is 1. The Kier molecular flexibility index (Phi) is 5.78. The van der Waals surface area contributed by atoms with Gasteiger partial charge in [0, 0.05) is 37.6 Å². The third kappa shape index (κ3) is 4.64. The number of amides is 2. The average Bonchev–Trinajstić information content (AvgIpc) is 2.62. The number of anilines is 1. The number of carbonyl (C=O) groups is 1. The first kappa shape index (κ1) is 17.6. The number of nitrogens with one attached hydrogen (secondary N) is 3. The summed E-state index contributed by atoms with van der Waals surface area (Å²) in [5.41, 5.74) is 0.849. The van der Waals surface area contributed by atoms with E-state index in [0.29, 0.717) is 12.4 Å². The first-order chi connectivity index (χ1) is 12.2. The van der Waals surface area contributed by atoms with Crippen molar-refractivity contribution in [2.45, 2.75) is 32.9 Å². The standard InChI is InChI=1S/C18H26N6O/c1-3-13(2)20-18(25)23-17-14-6-4-5-7-15(14)21-16(22-17)12-24-10-8-19-9-11-24/h4-7,13,19H,3,8-12H2,1-2H3,(H2,20,21,22,23,25)/t13-/m1/s1. The van der Waals surface area contributed by atoms with Gasteiger partial charge in [-0.3, -0.25) is 10.2 Å². The van der Waals surface area contributed by atoms with Crippen molar-refractivity contribution in [2.24, 2.45) is 0 Å². The van der Waals surface area contributed by atoms with Crippen molar-refractivity contribution < 1.29 is 4.79 Å². The summed E-state index contributed by atoms with van der Waals surface area (Å²) in [5, 5.41) is 10.0. The van der Waals surface area contributed by atoms with Crippen molar-refractivity contribution in [3.63, 3.8) is 0 Å². The van der Waals surface area contributed by atoms with E-state index in [4.69, 9.17) is 0 Å². The average molecular weight is 342 g/mol. The predicted octanol–water partition coefficient (Wildman–Crippen LogP) is 1.96. The van der Waals surface area contributed by atoms with E-state index < -0.39 is 0 Å². The van der Waals surface area contributed by atoms with E-state index in [2.05, 4.69) is 30.8 Å². The molecule has 0 aliphatic carbocycles. The highest BCUT2D eigenvalue weighted by Crippen LogP contribution is 2.20. The third-order valence-electron chi connectivity index (χ3n) is 4.45. The Bertz CT molecular complexity index is 729. The van der Waals surface area contributed by atoms with Crippen LogP contribution in [0.15, 0.2) is 24.3 Å². The van der Waals surface area contributed by atoms with Gasteiger partial charge in [0.25, 0.3) is 0 Å². The number of para-hydroxylation sites is 1. The maximum Gasteiger partial charge on any atom is 0.320 e. The Morgan fingerprint density at radius 2 is 2.04 bits per heavy atom. The Labute approximate surface area is 148 Å². The minimum Gasteiger partial charge on any atom is -0.335 e. The van der Waals surface area contributed by atoms with Crippen LogP contribution in [0.25, 0.3) is 10.9 Å². The van der Waals surface area contributed by atoms with Crippen LogP contribution in [-0.4, -0.2) is 53.1 Å². The van der Waals surface area contributed by atoms with Gasteiger partial charge < -0.3 is 10.6 Å². The lowest BCUT2D eigenvalue weighted by molar-refractivity contribution is 0.228. The highest BCUT2D eigenvalue weighted by Gasteiger charge is 2.15. The van der Waals surface area contributed by atoms with Crippen LogP contribution in [0, 0.1) is 0 Å². The molecule has 7 nitrogen and oxygen atoms in total. The van der Waals surface area contributed by atoms with Crippen LogP contribution in [0.2, 0.25) is 0 Å². The summed E-state index contributed by atoms with van der Waals surface area (Å²) in [4.78, 5) is 23.8. The lowest BCUT2D eigenvalue weighted by Crippen LogP contribution is -2.43. The molecular weight excluding hydrogens is 316 g/mol. The zero-order chi connectivity index (χ0) is 17.6. The molecule has 0 spiro atoms. The van der Waals surface area contributed by atoms with Gasteiger partial charge >= 0.3 is 6.03 Å². The number of hydrogen-bond acceptors (Lipinski definition) is 5. The molecule has 1 aliphatic rings. The number of rotatable bonds is 5. The van der Waals surface area contributed by atoms with Gasteiger partial charge in [-0.1, -0.05) is 19.1 Å². The van der Waals surface area contributed by atoms with Crippen molar-refractivity contribution >= 4 is 22.8 Å². The lowest BCUT2D eigenvalue weighted by atomic mass is 10.2. The van der Waals surface area contributed by atoms with Crippen molar-refractivity contribution in [3.05, 3.63) is 30.1 Å². The molecule has 1 aromatic carbocycles. The van der Waals surface area contributed by atoms with E-state index >= 15 is 0 Å². The van der Waals surface area contributed by atoms with Crippen molar-refractivity contribution in [1.82, 2.24) is 25.5 Å². The van der Waals surface area contributed by atoms with Crippen LogP contribution >= 0.6 is 0 Å². The Morgan fingerprint density at radius 3 is 2.80 bits per heavy atom. The van der Waals surface area contributed by atoms with E-state index in [1.54, 1.807) is 0 Å². The second-order valence-electron chi connectivity index (χ2n) is 6.44. The molecule has 2 aromatic rings. The van der Waals surface area contributed by atoms with Crippen molar-refractivity contribution in [3.8, 4) is 0 Å². The summed E-state index contributed by atoms with van der Waals surface area (Å²) in [7, 11) is 0. The third-order valence-corrected chi connectivity index (χ3v) is 4.45. The molecule has 7 heteroatoms. The molecular formula is C18H26N6O. The fourth-order valence-corrected chi connectivity index (χ4v) is 2.83. The van der Waals surface area contributed by atoms with E-state index in [-0.39, 0.29) is 12.1 Å². The van der Waals surface area contributed by atoms with Gasteiger partial charge in [0.2, 0.25) is 0 Å². The molecule has 2 amide bonds. The van der Waals surface area contributed by atoms with Crippen molar-refractivity contribution in [1.29, 1.82) is 0 Å². The molecule has 0 unspecified atom stereocenters. The summed E-state index contributed by atoms with van der Waals surface area (Å²) >= 11 is 0. The van der Waals surface area contributed by atoms with Crippen LogP contribution < -0.4 is 16.0 Å². The van der Waals surface area contributed by atoms with Crippen LogP contribution in [0.3, 0.4) is 0 Å². The van der Waals surface area contributed by atoms with Crippen LogP contribution in [-0.2, 0) is 6.54 Å². The van der Waals surface area contributed by atoms with E-state index in [1.807, 2.05) is 38.1 Å². The molecule has 2 heterocycles. The van der Waals surface area contributed by atoms with Crippen LogP contribution in [0.5, 0.6) is 0 Å². The van der Waals surface area contributed by atoms with Gasteiger partial charge in [0.1, 0.15) is 11.6 Å². The SMILES string of the molecule is CC[C@@H](C)NC(=O)Nc1nc(CN2CCNCC2)nc2ccccc12. The quantitative estimate of drug-likeness (QED) is 0.774. The maximum atomic E-state index is 12.2. The Balaban J connectivity index is 1.83. The van der Waals surface area contributed by atoms with E-state index in [9.17, 15) is 4.79 Å². The van der Waals surface area contributed by atoms with E-state index in [1.165, 1.54) is 0 Å². The maximum absolute atomic E-state index is 12.2. The Morgan fingerprint density at radius 1 is 1.28 bits per heavy atom. The molecule has 1 atom stereocenters. The second-order valence-corrected chi connectivity index (χ2v) is 6.44. The number of piperazine rings is 1. The zero-order valence-corrected chi connectivity index (χ0v) is 14.9. The van der Waals surface area contributed by atoms with Gasteiger partial charge in [0.15, 0.2) is 0 Å². The highest BCUT2D eigenvalue weighted by molar-refractivity contribution is 5.98.